The average molecular weight is 415 g/mol. The standard InChI is InChI=1S/C26H30N4O/c1-17-10-20(25(6,7)15-27)11-18(2)23(17)19-8-9-22(30-12-19)26(31,24(3,4)5)21-13-28-16-29-14-21/h8-14,16,31H,1-7H3. The quantitative estimate of drug-likeness (QED) is 0.631. The van der Waals surface area contributed by atoms with Gasteiger partial charge in [0.15, 0.2) is 0 Å². The van der Waals surface area contributed by atoms with E-state index in [1.807, 2.05) is 46.8 Å². The fraction of sp³-hybridized carbons (Fsp3) is 0.385. The highest BCUT2D eigenvalue weighted by molar-refractivity contribution is 5.71. The molecule has 0 aliphatic carbocycles. The molecule has 2 heterocycles. The van der Waals surface area contributed by atoms with Crippen LogP contribution in [0.3, 0.4) is 0 Å². The van der Waals surface area contributed by atoms with E-state index in [9.17, 15) is 10.4 Å². The van der Waals surface area contributed by atoms with Crippen molar-refractivity contribution in [2.75, 3.05) is 0 Å². The second kappa shape index (κ2) is 7.86. The number of pyridine rings is 1. The van der Waals surface area contributed by atoms with Crippen molar-refractivity contribution in [2.45, 2.75) is 59.5 Å². The van der Waals surface area contributed by atoms with Gasteiger partial charge in [-0.2, -0.15) is 5.26 Å². The van der Waals surface area contributed by atoms with E-state index in [4.69, 9.17) is 0 Å². The minimum Gasteiger partial charge on any atom is -0.378 e. The van der Waals surface area contributed by atoms with Crippen molar-refractivity contribution in [3.05, 3.63) is 77.1 Å². The van der Waals surface area contributed by atoms with E-state index in [1.54, 1.807) is 18.6 Å². The molecule has 0 aliphatic heterocycles. The molecule has 2 aromatic heterocycles. The maximum atomic E-state index is 11.7. The van der Waals surface area contributed by atoms with Crippen LogP contribution in [0.4, 0.5) is 0 Å². The number of rotatable bonds is 4. The molecule has 0 radical (unpaired) electrons. The lowest BCUT2D eigenvalue weighted by atomic mass is 9.70. The van der Waals surface area contributed by atoms with E-state index in [-0.39, 0.29) is 0 Å². The Labute approximate surface area is 184 Å². The van der Waals surface area contributed by atoms with Crippen LogP contribution in [0.25, 0.3) is 11.1 Å². The summed E-state index contributed by atoms with van der Waals surface area (Å²) in [7, 11) is 0. The van der Waals surface area contributed by atoms with Crippen LogP contribution in [0.2, 0.25) is 0 Å². The monoisotopic (exact) mass is 414 g/mol. The van der Waals surface area contributed by atoms with Gasteiger partial charge in [-0.05, 0) is 56.0 Å². The zero-order valence-electron chi connectivity index (χ0n) is 19.4. The van der Waals surface area contributed by atoms with Crippen molar-refractivity contribution in [1.82, 2.24) is 15.0 Å². The van der Waals surface area contributed by atoms with Gasteiger partial charge in [0.25, 0.3) is 0 Å². The van der Waals surface area contributed by atoms with Gasteiger partial charge in [0.2, 0.25) is 0 Å². The molecular formula is C26H30N4O. The molecule has 160 valence electrons. The number of benzene rings is 1. The number of aromatic nitrogens is 3. The van der Waals surface area contributed by atoms with Crippen molar-refractivity contribution < 1.29 is 5.11 Å². The van der Waals surface area contributed by atoms with Gasteiger partial charge in [-0.15, -0.1) is 0 Å². The summed E-state index contributed by atoms with van der Waals surface area (Å²) < 4.78 is 0. The smallest absolute Gasteiger partial charge is 0.139 e. The Morgan fingerprint density at radius 1 is 0.871 bits per heavy atom. The molecule has 0 saturated heterocycles. The molecular weight excluding hydrogens is 384 g/mol. The zero-order chi connectivity index (χ0) is 23.0. The predicted molar refractivity (Wildman–Crippen MR) is 122 cm³/mol. The first-order valence-electron chi connectivity index (χ1n) is 10.4. The highest BCUT2D eigenvalue weighted by Crippen LogP contribution is 2.44. The van der Waals surface area contributed by atoms with Crippen LogP contribution >= 0.6 is 0 Å². The molecule has 1 unspecified atom stereocenters. The first-order valence-corrected chi connectivity index (χ1v) is 10.4. The molecule has 5 nitrogen and oxygen atoms in total. The predicted octanol–water partition coefficient (Wildman–Crippen LogP) is 5.24. The minimum absolute atomic E-state index is 0.525. The molecule has 1 aromatic carbocycles. The Balaban J connectivity index is 2.09. The van der Waals surface area contributed by atoms with E-state index >= 15 is 0 Å². The lowest BCUT2D eigenvalue weighted by Gasteiger charge is -2.39. The van der Waals surface area contributed by atoms with Gasteiger partial charge >= 0.3 is 0 Å². The fourth-order valence-corrected chi connectivity index (χ4v) is 4.05. The second-order valence-electron chi connectivity index (χ2n) is 9.74. The van der Waals surface area contributed by atoms with E-state index in [0.29, 0.717) is 11.3 Å². The molecule has 3 rings (SSSR count). The molecule has 0 spiro atoms. The first-order chi connectivity index (χ1) is 14.4. The molecule has 3 aromatic rings. The van der Waals surface area contributed by atoms with Crippen LogP contribution in [-0.4, -0.2) is 20.1 Å². The van der Waals surface area contributed by atoms with Gasteiger partial charge in [0.05, 0.1) is 17.2 Å². The number of aryl methyl sites for hydroxylation is 2. The molecule has 1 N–H and O–H groups in total. The highest BCUT2D eigenvalue weighted by Gasteiger charge is 2.45. The molecule has 0 saturated carbocycles. The second-order valence-corrected chi connectivity index (χ2v) is 9.74. The highest BCUT2D eigenvalue weighted by atomic mass is 16.3. The molecule has 0 amide bonds. The third kappa shape index (κ3) is 3.96. The van der Waals surface area contributed by atoms with Crippen molar-refractivity contribution in [2.24, 2.45) is 5.41 Å². The summed E-state index contributed by atoms with van der Waals surface area (Å²) in [6, 6.07) is 10.4. The van der Waals surface area contributed by atoms with Crippen LogP contribution < -0.4 is 0 Å². The SMILES string of the molecule is Cc1cc(C(C)(C)C#N)cc(C)c1-c1ccc(C(O)(c2cncnc2)C(C)(C)C)nc1. The van der Waals surface area contributed by atoms with Gasteiger partial charge in [0.1, 0.15) is 11.9 Å². The summed E-state index contributed by atoms with van der Waals surface area (Å²) in [5.41, 5.74) is 4.02. The number of nitrogens with zero attached hydrogens (tertiary/aromatic N) is 4. The summed E-state index contributed by atoms with van der Waals surface area (Å²) >= 11 is 0. The number of hydrogen-bond donors (Lipinski definition) is 1. The van der Waals surface area contributed by atoms with Crippen molar-refractivity contribution in [3.8, 4) is 17.2 Å². The van der Waals surface area contributed by atoms with Gasteiger partial charge < -0.3 is 5.11 Å². The maximum Gasteiger partial charge on any atom is 0.139 e. The molecule has 5 heteroatoms. The Bertz CT molecular complexity index is 1100. The van der Waals surface area contributed by atoms with Gasteiger partial charge in [-0.25, -0.2) is 9.97 Å². The molecule has 1 atom stereocenters. The number of hydrogen-bond acceptors (Lipinski definition) is 5. The lowest BCUT2D eigenvalue weighted by Crippen LogP contribution is -2.42. The summed E-state index contributed by atoms with van der Waals surface area (Å²) in [6.45, 7) is 13.9. The summed E-state index contributed by atoms with van der Waals surface area (Å²) in [6.07, 6.45) is 6.53. The Kier molecular flexibility index (Phi) is 5.73. The third-order valence-corrected chi connectivity index (χ3v) is 6.02. The number of aliphatic hydroxyl groups is 1. The van der Waals surface area contributed by atoms with Gasteiger partial charge in [-0.1, -0.05) is 39.0 Å². The lowest BCUT2D eigenvalue weighted by molar-refractivity contribution is -0.0301. The summed E-state index contributed by atoms with van der Waals surface area (Å²) in [4.78, 5) is 12.9. The molecule has 31 heavy (non-hydrogen) atoms. The zero-order valence-corrected chi connectivity index (χ0v) is 19.4. The molecule has 0 fully saturated rings. The Hall–Kier alpha value is -3.10. The Morgan fingerprint density at radius 2 is 1.45 bits per heavy atom. The largest absolute Gasteiger partial charge is 0.378 e. The minimum atomic E-state index is -1.34. The van der Waals surface area contributed by atoms with E-state index < -0.39 is 16.4 Å². The van der Waals surface area contributed by atoms with Crippen LogP contribution in [0.1, 0.15) is 62.6 Å². The Morgan fingerprint density at radius 3 is 1.90 bits per heavy atom. The third-order valence-electron chi connectivity index (χ3n) is 6.02. The van der Waals surface area contributed by atoms with Crippen LogP contribution in [-0.2, 0) is 11.0 Å². The molecule has 0 bridgehead atoms. The van der Waals surface area contributed by atoms with Gasteiger partial charge in [0, 0.05) is 35.1 Å². The first kappa shape index (κ1) is 22.6. The van der Waals surface area contributed by atoms with E-state index in [1.165, 1.54) is 6.33 Å². The normalized spacial score (nSPS) is 14.0. The summed E-state index contributed by atoms with van der Waals surface area (Å²) in [5.74, 6) is 0. The van der Waals surface area contributed by atoms with E-state index in [2.05, 4.69) is 47.0 Å². The maximum absolute atomic E-state index is 11.7. The van der Waals surface area contributed by atoms with E-state index in [0.717, 1.165) is 27.8 Å². The van der Waals surface area contributed by atoms with Gasteiger partial charge in [-0.3, -0.25) is 4.98 Å². The topological polar surface area (TPSA) is 82.7 Å². The van der Waals surface area contributed by atoms with Crippen molar-refractivity contribution >= 4 is 0 Å². The van der Waals surface area contributed by atoms with Crippen molar-refractivity contribution in [1.29, 1.82) is 5.26 Å². The average Bonchev–Trinajstić information content (AvgIpc) is 2.73. The van der Waals surface area contributed by atoms with Crippen LogP contribution in [0, 0.1) is 30.6 Å². The molecule has 0 aliphatic rings. The summed E-state index contributed by atoms with van der Waals surface area (Å²) in [5, 5.41) is 21.2. The number of nitriles is 1. The van der Waals surface area contributed by atoms with Crippen LogP contribution in [0.15, 0.2) is 49.2 Å². The fourth-order valence-electron chi connectivity index (χ4n) is 4.05. The van der Waals surface area contributed by atoms with Crippen molar-refractivity contribution in [3.63, 3.8) is 0 Å². The van der Waals surface area contributed by atoms with Crippen LogP contribution in [0.5, 0.6) is 0 Å².